The van der Waals surface area contributed by atoms with Gasteiger partial charge in [-0.1, -0.05) is 6.92 Å². The third kappa shape index (κ3) is 4.51. The van der Waals surface area contributed by atoms with Crippen molar-refractivity contribution in [2.75, 3.05) is 18.4 Å². The molecule has 1 fully saturated rings. The van der Waals surface area contributed by atoms with E-state index in [-0.39, 0.29) is 17.3 Å². The van der Waals surface area contributed by atoms with Crippen molar-refractivity contribution >= 4 is 21.6 Å². The van der Waals surface area contributed by atoms with E-state index < -0.39 is 27.6 Å². The molecule has 0 radical (unpaired) electrons. The number of anilines is 1. The lowest BCUT2D eigenvalue weighted by Gasteiger charge is -2.28. The molecule has 0 aliphatic carbocycles. The molecular formula is C17H20F2N4O3S. The molecule has 0 atom stereocenters. The fourth-order valence-electron chi connectivity index (χ4n) is 2.86. The fraction of sp³-hybridized carbons (Fsp3) is 0.412. The first-order chi connectivity index (χ1) is 12.8. The molecule has 27 heavy (non-hydrogen) atoms. The van der Waals surface area contributed by atoms with E-state index in [0.29, 0.717) is 25.1 Å². The fourth-order valence-corrected chi connectivity index (χ4v) is 4.27. The van der Waals surface area contributed by atoms with Gasteiger partial charge in [0.2, 0.25) is 5.91 Å². The molecule has 1 saturated heterocycles. The molecule has 0 spiro atoms. The third-order valence-corrected chi connectivity index (χ3v) is 6.27. The number of imidazole rings is 1. The molecule has 0 saturated carbocycles. The van der Waals surface area contributed by atoms with Gasteiger partial charge in [0.05, 0.1) is 12.0 Å². The van der Waals surface area contributed by atoms with Crippen molar-refractivity contribution in [3.05, 3.63) is 42.4 Å². The van der Waals surface area contributed by atoms with Crippen LogP contribution in [0, 0.1) is 17.6 Å². The molecule has 1 aromatic carbocycles. The number of nitrogens with one attached hydrogen (secondary N) is 1. The maximum atomic E-state index is 13.6. The number of amides is 1. The average molecular weight is 398 g/mol. The van der Waals surface area contributed by atoms with Gasteiger partial charge in [-0.15, -0.1) is 0 Å². The number of nitrogens with zero attached hydrogens (tertiary/aromatic N) is 3. The highest BCUT2D eigenvalue weighted by Crippen LogP contribution is 2.22. The van der Waals surface area contributed by atoms with Gasteiger partial charge < -0.3 is 9.88 Å². The van der Waals surface area contributed by atoms with Crippen molar-refractivity contribution in [2.45, 2.75) is 31.3 Å². The third-order valence-electron chi connectivity index (χ3n) is 4.49. The summed E-state index contributed by atoms with van der Waals surface area (Å²) >= 11 is 0. The number of carbonyl (C=O) groups excluding carboxylic acids is 1. The minimum absolute atomic E-state index is 0.127. The molecule has 1 aliphatic heterocycles. The number of hydrogen-bond donors (Lipinski definition) is 1. The summed E-state index contributed by atoms with van der Waals surface area (Å²) in [6, 6.07) is 2.81. The largest absolute Gasteiger partial charge is 0.327 e. The number of rotatable bonds is 5. The zero-order valence-corrected chi connectivity index (χ0v) is 15.5. The maximum absolute atomic E-state index is 13.6. The van der Waals surface area contributed by atoms with Gasteiger partial charge >= 0.3 is 0 Å². The SMILES string of the molecule is CC1CCN(S(=O)(=O)c2cn(CC(=O)Nc3ccc(F)cc3F)cn2)CC1. The summed E-state index contributed by atoms with van der Waals surface area (Å²) in [7, 11) is -3.70. The zero-order chi connectivity index (χ0) is 19.6. The Labute approximate surface area is 156 Å². The maximum Gasteiger partial charge on any atom is 0.262 e. The first-order valence-corrected chi connectivity index (χ1v) is 9.96. The zero-order valence-electron chi connectivity index (χ0n) is 14.7. The molecule has 0 unspecified atom stereocenters. The quantitative estimate of drug-likeness (QED) is 0.837. The van der Waals surface area contributed by atoms with E-state index in [0.717, 1.165) is 25.0 Å². The van der Waals surface area contributed by atoms with Crippen molar-refractivity contribution in [2.24, 2.45) is 5.92 Å². The monoisotopic (exact) mass is 398 g/mol. The predicted molar refractivity (Wildman–Crippen MR) is 94.4 cm³/mol. The van der Waals surface area contributed by atoms with E-state index in [1.54, 1.807) is 0 Å². The highest BCUT2D eigenvalue weighted by Gasteiger charge is 2.29. The smallest absolute Gasteiger partial charge is 0.262 e. The second-order valence-electron chi connectivity index (χ2n) is 6.64. The van der Waals surface area contributed by atoms with Gasteiger partial charge in [0.15, 0.2) is 5.03 Å². The van der Waals surface area contributed by atoms with E-state index >= 15 is 0 Å². The molecule has 2 aromatic rings. The number of benzene rings is 1. The van der Waals surface area contributed by atoms with Crippen LogP contribution in [0.15, 0.2) is 35.7 Å². The van der Waals surface area contributed by atoms with Crippen molar-refractivity contribution < 1.29 is 22.0 Å². The first kappa shape index (κ1) is 19.4. The van der Waals surface area contributed by atoms with E-state index in [1.165, 1.54) is 21.4 Å². The molecule has 0 bridgehead atoms. The highest BCUT2D eigenvalue weighted by molar-refractivity contribution is 7.89. The van der Waals surface area contributed by atoms with Gasteiger partial charge in [0, 0.05) is 25.4 Å². The number of halogens is 2. The summed E-state index contributed by atoms with van der Waals surface area (Å²) in [5, 5.41) is 2.19. The lowest BCUT2D eigenvalue weighted by atomic mass is 10.0. The summed E-state index contributed by atoms with van der Waals surface area (Å²) in [4.78, 5) is 15.9. The molecular weight excluding hydrogens is 378 g/mol. The molecule has 1 aliphatic rings. The Morgan fingerprint density at radius 3 is 2.67 bits per heavy atom. The highest BCUT2D eigenvalue weighted by atomic mass is 32.2. The van der Waals surface area contributed by atoms with Gasteiger partial charge in [0.25, 0.3) is 10.0 Å². The minimum Gasteiger partial charge on any atom is -0.327 e. The molecule has 1 aromatic heterocycles. The molecule has 146 valence electrons. The van der Waals surface area contributed by atoms with Crippen molar-refractivity contribution in [3.8, 4) is 0 Å². The van der Waals surface area contributed by atoms with Crippen molar-refractivity contribution in [3.63, 3.8) is 0 Å². The molecule has 10 heteroatoms. The lowest BCUT2D eigenvalue weighted by Crippen LogP contribution is -2.38. The topological polar surface area (TPSA) is 84.3 Å². The second kappa shape index (κ2) is 7.73. The first-order valence-electron chi connectivity index (χ1n) is 8.52. The predicted octanol–water partition coefficient (Wildman–Crippen LogP) is 2.22. The van der Waals surface area contributed by atoms with E-state index in [1.807, 2.05) is 0 Å². The summed E-state index contributed by atoms with van der Waals surface area (Å²) in [5.74, 6) is -1.74. The number of piperidine rings is 1. The lowest BCUT2D eigenvalue weighted by molar-refractivity contribution is -0.116. The Kier molecular flexibility index (Phi) is 5.56. The van der Waals surface area contributed by atoms with Crippen LogP contribution in [0.4, 0.5) is 14.5 Å². The Hall–Kier alpha value is -2.33. The molecule has 2 heterocycles. The van der Waals surface area contributed by atoms with Crippen LogP contribution in [0.25, 0.3) is 0 Å². The van der Waals surface area contributed by atoms with Crippen LogP contribution in [-0.2, 0) is 21.4 Å². The van der Waals surface area contributed by atoms with E-state index in [4.69, 9.17) is 0 Å². The van der Waals surface area contributed by atoms with Gasteiger partial charge in [-0.25, -0.2) is 22.2 Å². The summed E-state index contributed by atoms with van der Waals surface area (Å²) in [5.41, 5.74) is -0.156. The summed E-state index contributed by atoms with van der Waals surface area (Å²) < 4.78 is 54.4. The van der Waals surface area contributed by atoms with Crippen LogP contribution in [0.1, 0.15) is 19.8 Å². The van der Waals surface area contributed by atoms with E-state index in [2.05, 4.69) is 17.2 Å². The second-order valence-corrected chi connectivity index (χ2v) is 8.53. The molecule has 7 nitrogen and oxygen atoms in total. The van der Waals surface area contributed by atoms with Gasteiger partial charge in [-0.2, -0.15) is 4.31 Å². The van der Waals surface area contributed by atoms with Crippen LogP contribution in [-0.4, -0.2) is 41.3 Å². The number of hydrogen-bond acceptors (Lipinski definition) is 4. The standard InChI is InChI=1S/C17H20F2N4O3S/c1-12-4-6-23(7-5-12)27(25,26)17-10-22(11-20-17)9-16(24)21-15-3-2-13(18)8-14(15)19/h2-3,8,10-12H,4-7,9H2,1H3,(H,21,24). The Morgan fingerprint density at radius 2 is 2.00 bits per heavy atom. The Bertz CT molecular complexity index is 937. The summed E-state index contributed by atoms with van der Waals surface area (Å²) in [6.45, 7) is 2.72. The molecule has 1 N–H and O–H groups in total. The minimum atomic E-state index is -3.70. The van der Waals surface area contributed by atoms with Crippen LogP contribution in [0.3, 0.4) is 0 Å². The van der Waals surface area contributed by atoms with Gasteiger partial charge in [-0.3, -0.25) is 4.79 Å². The van der Waals surface area contributed by atoms with Gasteiger partial charge in [-0.05, 0) is 30.9 Å². The van der Waals surface area contributed by atoms with Gasteiger partial charge in [0.1, 0.15) is 18.2 Å². The van der Waals surface area contributed by atoms with Crippen LogP contribution in [0.2, 0.25) is 0 Å². The van der Waals surface area contributed by atoms with Crippen molar-refractivity contribution in [1.82, 2.24) is 13.9 Å². The van der Waals surface area contributed by atoms with Crippen LogP contribution in [0.5, 0.6) is 0 Å². The Balaban J connectivity index is 1.66. The Morgan fingerprint density at radius 1 is 1.30 bits per heavy atom. The van der Waals surface area contributed by atoms with Crippen LogP contribution >= 0.6 is 0 Å². The van der Waals surface area contributed by atoms with Crippen molar-refractivity contribution in [1.29, 1.82) is 0 Å². The van der Waals surface area contributed by atoms with Crippen LogP contribution < -0.4 is 5.32 Å². The number of sulfonamides is 1. The average Bonchev–Trinajstić information content (AvgIpc) is 3.07. The number of carbonyl (C=O) groups is 1. The molecule has 1 amide bonds. The number of aromatic nitrogens is 2. The molecule has 3 rings (SSSR count). The van der Waals surface area contributed by atoms with E-state index in [9.17, 15) is 22.0 Å². The normalized spacial score (nSPS) is 16.4. The summed E-state index contributed by atoms with van der Waals surface area (Å²) in [6.07, 6.45) is 4.10.